The van der Waals surface area contributed by atoms with Gasteiger partial charge in [-0.25, -0.2) is 4.79 Å². The van der Waals surface area contributed by atoms with Crippen LogP contribution in [0.15, 0.2) is 11.4 Å². The largest absolute Gasteiger partial charge is 0.477 e. The third kappa shape index (κ3) is 3.07. The molecule has 2 N–H and O–H groups in total. The quantitative estimate of drug-likeness (QED) is 0.866. The Morgan fingerprint density at radius 1 is 1.65 bits per heavy atom. The predicted molar refractivity (Wildman–Crippen MR) is 69.5 cm³/mol. The van der Waals surface area contributed by atoms with Gasteiger partial charge in [0.05, 0.1) is 0 Å². The summed E-state index contributed by atoms with van der Waals surface area (Å²) in [4.78, 5) is 11.4. The van der Waals surface area contributed by atoms with Crippen LogP contribution in [0.1, 0.15) is 48.3 Å². The Labute approximate surface area is 106 Å². The molecule has 0 radical (unpaired) electrons. The summed E-state index contributed by atoms with van der Waals surface area (Å²) in [5.41, 5.74) is 1.34. The van der Waals surface area contributed by atoms with Crippen LogP contribution >= 0.6 is 11.3 Å². The molecule has 0 saturated heterocycles. The van der Waals surface area contributed by atoms with Crippen molar-refractivity contribution in [3.05, 3.63) is 21.9 Å². The summed E-state index contributed by atoms with van der Waals surface area (Å²) in [5, 5.41) is 14.3. The van der Waals surface area contributed by atoms with Gasteiger partial charge in [0.25, 0.3) is 0 Å². The summed E-state index contributed by atoms with van der Waals surface area (Å²) >= 11 is 1.30. The van der Waals surface area contributed by atoms with Crippen molar-refractivity contribution in [3.8, 4) is 0 Å². The normalized spacial score (nSPS) is 22.8. The molecule has 0 aliphatic heterocycles. The van der Waals surface area contributed by atoms with E-state index in [1.807, 2.05) is 11.4 Å². The molecule has 1 heterocycles. The van der Waals surface area contributed by atoms with Crippen LogP contribution in [0.4, 0.5) is 0 Å². The molecule has 94 valence electrons. The van der Waals surface area contributed by atoms with Crippen molar-refractivity contribution in [2.45, 2.75) is 45.7 Å². The summed E-state index contributed by atoms with van der Waals surface area (Å²) in [6.45, 7) is 5.26. The van der Waals surface area contributed by atoms with Crippen LogP contribution in [-0.4, -0.2) is 17.1 Å². The van der Waals surface area contributed by atoms with E-state index in [1.54, 1.807) is 0 Å². The van der Waals surface area contributed by atoms with E-state index in [-0.39, 0.29) is 0 Å². The van der Waals surface area contributed by atoms with E-state index >= 15 is 0 Å². The smallest absolute Gasteiger partial charge is 0.346 e. The Morgan fingerprint density at radius 2 is 2.41 bits per heavy atom. The second-order valence-corrected chi connectivity index (χ2v) is 6.48. The Morgan fingerprint density at radius 3 is 3.00 bits per heavy atom. The molecule has 1 atom stereocenters. The lowest BCUT2D eigenvalue weighted by atomic mass is 9.92. The van der Waals surface area contributed by atoms with E-state index in [0.29, 0.717) is 22.9 Å². The van der Waals surface area contributed by atoms with Gasteiger partial charge in [0.2, 0.25) is 0 Å². The molecule has 1 aromatic heterocycles. The number of aromatic carboxylic acids is 1. The van der Waals surface area contributed by atoms with Crippen molar-refractivity contribution >= 4 is 17.3 Å². The summed E-state index contributed by atoms with van der Waals surface area (Å²) in [6, 6.07) is 2.44. The number of rotatable bonds is 4. The average molecular weight is 253 g/mol. The van der Waals surface area contributed by atoms with Gasteiger partial charge >= 0.3 is 5.97 Å². The molecule has 0 bridgehead atoms. The lowest BCUT2D eigenvalue weighted by molar-refractivity contribution is 0.0701. The number of carboxylic acids is 1. The molecule has 1 unspecified atom stereocenters. The first-order chi connectivity index (χ1) is 7.98. The number of hydrogen-bond acceptors (Lipinski definition) is 3. The molecule has 0 amide bonds. The molecular weight excluding hydrogens is 234 g/mol. The monoisotopic (exact) mass is 253 g/mol. The van der Waals surface area contributed by atoms with Gasteiger partial charge in [-0.05, 0) is 41.7 Å². The fraction of sp³-hybridized carbons (Fsp3) is 0.615. The van der Waals surface area contributed by atoms with Crippen molar-refractivity contribution in [1.82, 2.24) is 5.32 Å². The van der Waals surface area contributed by atoms with E-state index in [2.05, 4.69) is 19.2 Å². The highest BCUT2D eigenvalue weighted by atomic mass is 32.1. The van der Waals surface area contributed by atoms with Gasteiger partial charge in [0, 0.05) is 12.6 Å². The van der Waals surface area contributed by atoms with Crippen molar-refractivity contribution in [3.63, 3.8) is 0 Å². The first kappa shape index (κ1) is 12.6. The average Bonchev–Trinajstić information content (AvgIpc) is 2.81. The van der Waals surface area contributed by atoms with Gasteiger partial charge < -0.3 is 10.4 Å². The number of thiophene rings is 1. The van der Waals surface area contributed by atoms with Crippen molar-refractivity contribution in [2.75, 3.05) is 0 Å². The molecule has 1 aromatic rings. The standard InChI is InChI=1S/C13H19NO2S/c1-13(2)5-3-10(7-13)14-8-9-4-6-17-11(9)12(15)16/h4,6,10,14H,3,5,7-8H2,1-2H3,(H,15,16). The Balaban J connectivity index is 1.90. The van der Waals surface area contributed by atoms with Gasteiger partial charge in [-0.1, -0.05) is 13.8 Å². The molecule has 1 saturated carbocycles. The van der Waals surface area contributed by atoms with Crippen LogP contribution in [0.3, 0.4) is 0 Å². The van der Waals surface area contributed by atoms with E-state index in [9.17, 15) is 4.79 Å². The molecule has 1 aliphatic carbocycles. The summed E-state index contributed by atoms with van der Waals surface area (Å²) in [6.07, 6.45) is 3.62. The summed E-state index contributed by atoms with van der Waals surface area (Å²) in [5.74, 6) is -0.816. The zero-order chi connectivity index (χ0) is 12.5. The molecule has 2 rings (SSSR count). The SMILES string of the molecule is CC1(C)CCC(NCc2ccsc2C(=O)O)C1. The minimum absolute atomic E-state index is 0.432. The fourth-order valence-corrected chi connectivity index (χ4v) is 3.29. The van der Waals surface area contributed by atoms with E-state index in [4.69, 9.17) is 5.11 Å². The van der Waals surface area contributed by atoms with Crippen molar-refractivity contribution < 1.29 is 9.90 Å². The number of hydrogen-bond donors (Lipinski definition) is 2. The van der Waals surface area contributed by atoms with Crippen LogP contribution in [0, 0.1) is 5.41 Å². The van der Waals surface area contributed by atoms with Gasteiger partial charge in [-0.15, -0.1) is 11.3 Å². The maximum absolute atomic E-state index is 11.0. The van der Waals surface area contributed by atoms with Gasteiger partial charge in [-0.2, -0.15) is 0 Å². The van der Waals surface area contributed by atoms with E-state index in [1.165, 1.54) is 30.6 Å². The first-order valence-electron chi connectivity index (χ1n) is 6.01. The molecule has 4 heteroatoms. The van der Waals surface area contributed by atoms with Crippen LogP contribution in [0.25, 0.3) is 0 Å². The number of carbonyl (C=O) groups is 1. The number of carboxylic acid groups (broad SMARTS) is 1. The Hall–Kier alpha value is -0.870. The Bertz CT molecular complexity index is 411. The van der Waals surface area contributed by atoms with Crippen molar-refractivity contribution in [1.29, 1.82) is 0 Å². The minimum atomic E-state index is -0.816. The summed E-state index contributed by atoms with van der Waals surface area (Å²) < 4.78 is 0. The van der Waals surface area contributed by atoms with E-state index < -0.39 is 5.97 Å². The summed E-state index contributed by atoms with van der Waals surface area (Å²) in [7, 11) is 0. The van der Waals surface area contributed by atoms with Gasteiger partial charge in [0.15, 0.2) is 0 Å². The molecule has 1 fully saturated rings. The van der Waals surface area contributed by atoms with Crippen LogP contribution in [-0.2, 0) is 6.54 Å². The first-order valence-corrected chi connectivity index (χ1v) is 6.89. The third-order valence-corrected chi connectivity index (χ3v) is 4.44. The van der Waals surface area contributed by atoms with Crippen molar-refractivity contribution in [2.24, 2.45) is 5.41 Å². The maximum atomic E-state index is 11.0. The Kier molecular flexibility index (Phi) is 3.54. The van der Waals surface area contributed by atoms with E-state index in [0.717, 1.165) is 5.56 Å². The van der Waals surface area contributed by atoms with Crippen LogP contribution < -0.4 is 5.32 Å². The lowest BCUT2D eigenvalue weighted by Gasteiger charge is -2.17. The third-order valence-electron chi connectivity index (χ3n) is 3.49. The minimum Gasteiger partial charge on any atom is -0.477 e. The second-order valence-electron chi connectivity index (χ2n) is 5.56. The zero-order valence-electron chi connectivity index (χ0n) is 10.3. The lowest BCUT2D eigenvalue weighted by Crippen LogP contribution is -2.27. The molecule has 0 aromatic carbocycles. The molecular formula is C13H19NO2S. The second kappa shape index (κ2) is 4.78. The fourth-order valence-electron chi connectivity index (χ4n) is 2.53. The highest BCUT2D eigenvalue weighted by Crippen LogP contribution is 2.37. The maximum Gasteiger partial charge on any atom is 0.346 e. The van der Waals surface area contributed by atoms with Gasteiger partial charge in [-0.3, -0.25) is 0 Å². The predicted octanol–water partition coefficient (Wildman–Crippen LogP) is 3.11. The highest BCUT2D eigenvalue weighted by molar-refractivity contribution is 7.12. The topological polar surface area (TPSA) is 49.3 Å². The number of nitrogens with one attached hydrogen (secondary N) is 1. The molecule has 1 aliphatic rings. The molecule has 0 spiro atoms. The van der Waals surface area contributed by atoms with Gasteiger partial charge in [0.1, 0.15) is 4.88 Å². The zero-order valence-corrected chi connectivity index (χ0v) is 11.1. The van der Waals surface area contributed by atoms with Crippen LogP contribution in [0.5, 0.6) is 0 Å². The molecule has 17 heavy (non-hydrogen) atoms. The molecule has 3 nitrogen and oxygen atoms in total. The highest BCUT2D eigenvalue weighted by Gasteiger charge is 2.30. The van der Waals surface area contributed by atoms with Crippen LogP contribution in [0.2, 0.25) is 0 Å².